The lowest BCUT2D eigenvalue weighted by atomic mass is 9.99. The number of hydrogen-bond donors (Lipinski definition) is 0. The lowest BCUT2D eigenvalue weighted by Crippen LogP contribution is -2.12. The van der Waals surface area contributed by atoms with Crippen LogP contribution in [0.2, 0.25) is 0 Å². The number of hydrogen-bond acceptors (Lipinski definition) is 0. The van der Waals surface area contributed by atoms with Gasteiger partial charge in [-0.15, -0.1) is 0 Å². The van der Waals surface area contributed by atoms with Crippen molar-refractivity contribution in [3.8, 4) is 0 Å². The van der Waals surface area contributed by atoms with Gasteiger partial charge in [0.2, 0.25) is 0 Å². The van der Waals surface area contributed by atoms with Crippen molar-refractivity contribution >= 4 is 5.57 Å². The van der Waals surface area contributed by atoms with E-state index in [-0.39, 0.29) is 5.57 Å². The second kappa shape index (κ2) is 5.87. The highest BCUT2D eigenvalue weighted by Crippen LogP contribution is 2.33. The van der Waals surface area contributed by atoms with E-state index >= 15 is 0 Å². The summed E-state index contributed by atoms with van der Waals surface area (Å²) in [5.74, 6) is -0.492. The first-order valence-electron chi connectivity index (χ1n) is 5.62. The third-order valence-corrected chi connectivity index (χ3v) is 2.53. The van der Waals surface area contributed by atoms with Gasteiger partial charge in [-0.25, -0.2) is 4.39 Å². The molecule has 1 rings (SSSR count). The quantitative estimate of drug-likeness (QED) is 0.517. The van der Waals surface area contributed by atoms with Crippen molar-refractivity contribution in [2.24, 2.45) is 0 Å². The molecule has 4 heteroatoms. The molecule has 0 fully saturated rings. The van der Waals surface area contributed by atoms with Crippen LogP contribution in [0.4, 0.5) is 17.6 Å². The van der Waals surface area contributed by atoms with Gasteiger partial charge in [-0.3, -0.25) is 0 Å². The molecule has 0 atom stereocenters. The van der Waals surface area contributed by atoms with E-state index in [4.69, 9.17) is 0 Å². The Morgan fingerprint density at radius 2 is 1.89 bits per heavy atom. The average Bonchev–Trinajstić information content (AvgIpc) is 2.27. The van der Waals surface area contributed by atoms with Gasteiger partial charge in [-0.1, -0.05) is 24.8 Å². The zero-order chi connectivity index (χ0) is 14.6. The fourth-order valence-electron chi connectivity index (χ4n) is 1.60. The van der Waals surface area contributed by atoms with Gasteiger partial charge in [0.1, 0.15) is 5.82 Å². The maximum absolute atomic E-state index is 13.1. The van der Waals surface area contributed by atoms with E-state index in [9.17, 15) is 17.6 Å². The Balaban J connectivity index is 3.29. The highest BCUT2D eigenvalue weighted by molar-refractivity contribution is 5.75. The lowest BCUT2D eigenvalue weighted by molar-refractivity contribution is -0.0891. The Hall–Kier alpha value is -1.84. The monoisotopic (exact) mass is 270 g/mol. The highest BCUT2D eigenvalue weighted by atomic mass is 19.4. The summed E-state index contributed by atoms with van der Waals surface area (Å²) < 4.78 is 51.6. The van der Waals surface area contributed by atoms with Crippen LogP contribution in [-0.2, 0) is 0 Å². The summed E-state index contributed by atoms with van der Waals surface area (Å²) in [6, 6.07) is 5.44. The smallest absolute Gasteiger partial charge is 0.207 e. The standard InChI is InChI=1S/C15H14F4/c1-4-11(12-6-5-7-13(16)8-12)9-14(10(2)3)15(17,18)19/h4-9H,2H2,1,3H3/b11-4?,14-9+. The first kappa shape index (κ1) is 15.2. The van der Waals surface area contributed by atoms with Crippen molar-refractivity contribution in [1.29, 1.82) is 0 Å². The summed E-state index contributed by atoms with van der Waals surface area (Å²) in [5, 5.41) is 0. The molecule has 0 saturated heterocycles. The fraction of sp³-hybridized carbons (Fsp3) is 0.200. The largest absolute Gasteiger partial charge is 0.416 e. The van der Waals surface area contributed by atoms with Crippen molar-refractivity contribution in [2.45, 2.75) is 20.0 Å². The number of alkyl halides is 3. The normalized spacial score (nSPS) is 13.6. The van der Waals surface area contributed by atoms with E-state index in [0.29, 0.717) is 11.1 Å². The van der Waals surface area contributed by atoms with Crippen LogP contribution < -0.4 is 0 Å². The van der Waals surface area contributed by atoms with Crippen LogP contribution in [0.3, 0.4) is 0 Å². The molecule has 1 aromatic carbocycles. The number of allylic oxidation sites excluding steroid dienone is 5. The molecule has 1 aromatic rings. The predicted molar refractivity (Wildman–Crippen MR) is 69.0 cm³/mol. The Morgan fingerprint density at radius 3 is 2.32 bits per heavy atom. The van der Waals surface area contributed by atoms with Crippen LogP contribution in [0.1, 0.15) is 19.4 Å². The molecule has 0 saturated carbocycles. The Bertz CT molecular complexity index is 533. The molecular weight excluding hydrogens is 256 g/mol. The van der Waals surface area contributed by atoms with Gasteiger partial charge < -0.3 is 0 Å². The minimum Gasteiger partial charge on any atom is -0.207 e. The fourth-order valence-corrected chi connectivity index (χ4v) is 1.60. The second-order valence-electron chi connectivity index (χ2n) is 4.09. The molecule has 0 nitrogen and oxygen atoms in total. The lowest BCUT2D eigenvalue weighted by Gasteiger charge is -2.13. The Morgan fingerprint density at radius 1 is 1.26 bits per heavy atom. The second-order valence-corrected chi connectivity index (χ2v) is 4.09. The molecule has 0 aliphatic heterocycles. The Kier molecular flexibility index (Phi) is 4.70. The maximum Gasteiger partial charge on any atom is 0.416 e. The molecule has 0 radical (unpaired) electrons. The van der Waals surface area contributed by atoms with Crippen molar-refractivity contribution in [3.05, 3.63) is 65.5 Å². The molecule has 0 heterocycles. The molecule has 0 aliphatic rings. The molecule has 19 heavy (non-hydrogen) atoms. The van der Waals surface area contributed by atoms with Gasteiger partial charge in [0.25, 0.3) is 0 Å². The van der Waals surface area contributed by atoms with Gasteiger partial charge in [-0.2, -0.15) is 13.2 Å². The van der Waals surface area contributed by atoms with Crippen molar-refractivity contribution in [1.82, 2.24) is 0 Å². The number of benzene rings is 1. The maximum atomic E-state index is 13.1. The average molecular weight is 270 g/mol. The van der Waals surface area contributed by atoms with Crippen LogP contribution in [0, 0.1) is 5.82 Å². The van der Waals surface area contributed by atoms with Crippen LogP contribution in [0.5, 0.6) is 0 Å². The van der Waals surface area contributed by atoms with Gasteiger partial charge >= 0.3 is 6.18 Å². The third-order valence-electron chi connectivity index (χ3n) is 2.53. The molecule has 0 amide bonds. The molecule has 0 bridgehead atoms. The van der Waals surface area contributed by atoms with Gasteiger partial charge in [-0.05, 0) is 48.8 Å². The topological polar surface area (TPSA) is 0 Å². The first-order chi connectivity index (χ1) is 8.75. The molecule has 0 aromatic heterocycles. The number of halogens is 4. The van der Waals surface area contributed by atoms with Gasteiger partial charge in [0, 0.05) is 0 Å². The third kappa shape index (κ3) is 4.09. The molecule has 0 spiro atoms. The van der Waals surface area contributed by atoms with E-state index in [2.05, 4.69) is 6.58 Å². The summed E-state index contributed by atoms with van der Waals surface area (Å²) in [5.41, 5.74) is -0.201. The van der Waals surface area contributed by atoms with Gasteiger partial charge in [0.15, 0.2) is 0 Å². The van der Waals surface area contributed by atoms with E-state index in [0.717, 1.165) is 6.08 Å². The van der Waals surface area contributed by atoms with Crippen LogP contribution in [0.15, 0.2) is 54.1 Å². The summed E-state index contributed by atoms with van der Waals surface area (Å²) in [6.45, 7) is 6.22. The summed E-state index contributed by atoms with van der Waals surface area (Å²) in [6.07, 6.45) is -1.99. The Labute approximate surface area is 109 Å². The number of rotatable bonds is 3. The van der Waals surface area contributed by atoms with E-state index in [1.165, 1.54) is 31.2 Å². The predicted octanol–water partition coefficient (Wildman–Crippen LogP) is 5.29. The SMILES string of the molecule is C=C(C)/C(=C\C(=CC)c1cccc(F)c1)C(F)(F)F. The van der Waals surface area contributed by atoms with Crippen LogP contribution in [-0.4, -0.2) is 6.18 Å². The molecular formula is C15H14F4. The molecule has 0 aliphatic carbocycles. The van der Waals surface area contributed by atoms with Crippen molar-refractivity contribution in [2.75, 3.05) is 0 Å². The molecule has 0 N–H and O–H groups in total. The van der Waals surface area contributed by atoms with Crippen LogP contribution >= 0.6 is 0 Å². The first-order valence-corrected chi connectivity index (χ1v) is 5.62. The van der Waals surface area contributed by atoms with Gasteiger partial charge in [0.05, 0.1) is 5.57 Å². The van der Waals surface area contributed by atoms with Crippen LogP contribution in [0.25, 0.3) is 5.57 Å². The van der Waals surface area contributed by atoms with Crippen molar-refractivity contribution in [3.63, 3.8) is 0 Å². The summed E-state index contributed by atoms with van der Waals surface area (Å²) in [7, 11) is 0. The molecule has 0 unspecified atom stereocenters. The summed E-state index contributed by atoms with van der Waals surface area (Å²) >= 11 is 0. The zero-order valence-electron chi connectivity index (χ0n) is 10.7. The zero-order valence-corrected chi connectivity index (χ0v) is 10.7. The van der Waals surface area contributed by atoms with E-state index < -0.39 is 17.6 Å². The minimum absolute atomic E-state index is 0.0803. The highest BCUT2D eigenvalue weighted by Gasteiger charge is 2.34. The van der Waals surface area contributed by atoms with Crippen molar-refractivity contribution < 1.29 is 17.6 Å². The summed E-state index contributed by atoms with van der Waals surface area (Å²) in [4.78, 5) is 0. The van der Waals surface area contributed by atoms with E-state index in [1.54, 1.807) is 13.0 Å². The van der Waals surface area contributed by atoms with E-state index in [1.807, 2.05) is 0 Å². The molecule has 102 valence electrons. The minimum atomic E-state index is -4.48.